The quantitative estimate of drug-likeness (QED) is 0.650. The maximum Gasteiger partial charge on any atom is 0.127 e. The van der Waals surface area contributed by atoms with Crippen molar-refractivity contribution in [3.8, 4) is 5.75 Å². The van der Waals surface area contributed by atoms with Crippen LogP contribution in [0.1, 0.15) is 37.9 Å². The van der Waals surface area contributed by atoms with Gasteiger partial charge < -0.3 is 4.74 Å². The maximum atomic E-state index is 5.74. The lowest BCUT2D eigenvalue weighted by molar-refractivity contribution is 0.350. The molecule has 0 aliphatic carbocycles. The number of nitrogens with one attached hydrogen (secondary N) is 1. The summed E-state index contributed by atoms with van der Waals surface area (Å²) in [4.78, 5) is 0. The van der Waals surface area contributed by atoms with Crippen molar-refractivity contribution in [3.05, 3.63) is 29.3 Å². The van der Waals surface area contributed by atoms with Gasteiger partial charge in [0.05, 0.1) is 12.6 Å². The van der Waals surface area contributed by atoms with Crippen LogP contribution in [-0.2, 0) is 6.42 Å². The summed E-state index contributed by atoms with van der Waals surface area (Å²) in [5.74, 6) is 7.69. The number of rotatable bonds is 4. The third-order valence-electron chi connectivity index (χ3n) is 3.00. The first-order valence-corrected chi connectivity index (χ1v) is 7.34. The van der Waals surface area contributed by atoms with Gasteiger partial charge in [0, 0.05) is 22.5 Å². The van der Waals surface area contributed by atoms with Gasteiger partial charge in [-0.1, -0.05) is 39.0 Å². The average Bonchev–Trinajstić information content (AvgIpc) is 2.77. The van der Waals surface area contributed by atoms with Gasteiger partial charge in [-0.25, -0.2) is 0 Å². The zero-order valence-electron chi connectivity index (χ0n) is 11.3. The Morgan fingerprint density at radius 2 is 2.22 bits per heavy atom. The van der Waals surface area contributed by atoms with Crippen LogP contribution in [0, 0.1) is 0 Å². The monoisotopic (exact) mass is 266 g/mol. The van der Waals surface area contributed by atoms with Gasteiger partial charge in [-0.15, -0.1) is 0 Å². The largest absolute Gasteiger partial charge is 0.493 e. The van der Waals surface area contributed by atoms with E-state index in [1.165, 1.54) is 11.1 Å². The van der Waals surface area contributed by atoms with Crippen molar-refractivity contribution in [3.63, 3.8) is 0 Å². The van der Waals surface area contributed by atoms with Gasteiger partial charge in [0.15, 0.2) is 0 Å². The molecular weight excluding hydrogens is 244 g/mol. The second kappa shape index (κ2) is 5.51. The standard InChI is InChI=1S/C14H22N2OS/c1-14(2,3)18-9-12(16-15)11-6-4-5-10-7-8-17-13(10)11/h4-6,12,16H,7-9,15H2,1-3H3. The molecule has 18 heavy (non-hydrogen) atoms. The summed E-state index contributed by atoms with van der Waals surface area (Å²) in [7, 11) is 0. The van der Waals surface area contributed by atoms with Crippen molar-refractivity contribution in [1.82, 2.24) is 5.43 Å². The number of nitrogens with two attached hydrogens (primary N) is 1. The summed E-state index contributed by atoms with van der Waals surface area (Å²) in [5, 5.41) is 0. The first kappa shape index (κ1) is 13.7. The molecule has 0 radical (unpaired) electrons. The molecule has 1 unspecified atom stereocenters. The fourth-order valence-corrected chi connectivity index (χ4v) is 3.02. The number of fused-ring (bicyclic) bond motifs is 1. The molecule has 1 atom stereocenters. The molecular formula is C14H22N2OS. The molecule has 1 heterocycles. The topological polar surface area (TPSA) is 47.3 Å². The lowest BCUT2D eigenvalue weighted by Gasteiger charge is -2.23. The zero-order valence-corrected chi connectivity index (χ0v) is 12.1. The highest BCUT2D eigenvalue weighted by Gasteiger charge is 2.23. The van der Waals surface area contributed by atoms with Crippen LogP contribution in [-0.4, -0.2) is 17.1 Å². The number of para-hydroxylation sites is 1. The zero-order chi connectivity index (χ0) is 13.2. The van der Waals surface area contributed by atoms with E-state index in [2.05, 4.69) is 44.4 Å². The van der Waals surface area contributed by atoms with Gasteiger partial charge in [0.25, 0.3) is 0 Å². The fraction of sp³-hybridized carbons (Fsp3) is 0.571. The van der Waals surface area contributed by atoms with Crippen molar-refractivity contribution in [2.75, 3.05) is 12.4 Å². The molecule has 0 bridgehead atoms. The molecule has 0 saturated carbocycles. The van der Waals surface area contributed by atoms with E-state index < -0.39 is 0 Å². The predicted molar refractivity (Wildman–Crippen MR) is 77.9 cm³/mol. The minimum absolute atomic E-state index is 0.141. The van der Waals surface area contributed by atoms with Crippen LogP contribution in [0.25, 0.3) is 0 Å². The summed E-state index contributed by atoms with van der Waals surface area (Å²) in [6, 6.07) is 6.48. The fourth-order valence-electron chi connectivity index (χ4n) is 2.08. The molecule has 2 rings (SSSR count). The molecule has 0 saturated heterocycles. The van der Waals surface area contributed by atoms with Gasteiger partial charge in [0.2, 0.25) is 0 Å². The van der Waals surface area contributed by atoms with Crippen LogP contribution < -0.4 is 16.0 Å². The first-order valence-electron chi connectivity index (χ1n) is 6.36. The number of benzene rings is 1. The highest BCUT2D eigenvalue weighted by atomic mass is 32.2. The molecule has 0 fully saturated rings. The molecule has 3 nitrogen and oxygen atoms in total. The Morgan fingerprint density at radius 1 is 1.44 bits per heavy atom. The van der Waals surface area contributed by atoms with Gasteiger partial charge in [0.1, 0.15) is 5.75 Å². The normalized spacial score (nSPS) is 16.2. The molecule has 0 amide bonds. The van der Waals surface area contributed by atoms with E-state index in [-0.39, 0.29) is 10.8 Å². The van der Waals surface area contributed by atoms with E-state index in [1.54, 1.807) is 0 Å². The Morgan fingerprint density at radius 3 is 2.89 bits per heavy atom. The van der Waals surface area contributed by atoms with E-state index in [0.29, 0.717) is 0 Å². The van der Waals surface area contributed by atoms with Crippen LogP contribution >= 0.6 is 11.8 Å². The minimum Gasteiger partial charge on any atom is -0.493 e. The Labute approximate surface area is 113 Å². The predicted octanol–water partition coefficient (Wildman–Crippen LogP) is 2.66. The van der Waals surface area contributed by atoms with Crippen molar-refractivity contribution < 1.29 is 4.74 Å². The van der Waals surface area contributed by atoms with Crippen LogP contribution in [0.2, 0.25) is 0 Å². The third-order valence-corrected chi connectivity index (χ3v) is 4.37. The molecule has 0 spiro atoms. The third kappa shape index (κ3) is 3.19. The SMILES string of the molecule is CC(C)(C)SCC(NN)c1cccc2c1OCC2. The number of ether oxygens (including phenoxy) is 1. The summed E-state index contributed by atoms with van der Waals surface area (Å²) in [6.45, 7) is 7.45. The van der Waals surface area contributed by atoms with Crippen molar-refractivity contribution in [2.45, 2.75) is 38.0 Å². The molecule has 1 aliphatic rings. The highest BCUT2D eigenvalue weighted by Crippen LogP contribution is 2.36. The van der Waals surface area contributed by atoms with Crippen LogP contribution in [0.5, 0.6) is 5.75 Å². The van der Waals surface area contributed by atoms with Gasteiger partial charge >= 0.3 is 0 Å². The lowest BCUT2D eigenvalue weighted by Crippen LogP contribution is -2.31. The van der Waals surface area contributed by atoms with Gasteiger partial charge in [-0.3, -0.25) is 11.3 Å². The van der Waals surface area contributed by atoms with Gasteiger partial charge in [-0.05, 0) is 5.56 Å². The summed E-state index contributed by atoms with van der Waals surface area (Å²) in [6.07, 6.45) is 1.01. The Bertz CT molecular complexity index is 415. The molecule has 3 N–H and O–H groups in total. The number of hydrazine groups is 1. The van der Waals surface area contributed by atoms with Crippen LogP contribution in [0.3, 0.4) is 0 Å². The smallest absolute Gasteiger partial charge is 0.127 e. The lowest BCUT2D eigenvalue weighted by atomic mass is 10.0. The number of thioether (sulfide) groups is 1. The van der Waals surface area contributed by atoms with E-state index >= 15 is 0 Å². The summed E-state index contributed by atoms with van der Waals surface area (Å²) in [5.41, 5.74) is 5.40. The van der Waals surface area contributed by atoms with Crippen LogP contribution in [0.4, 0.5) is 0 Å². The summed E-state index contributed by atoms with van der Waals surface area (Å²) >= 11 is 1.91. The molecule has 1 aromatic carbocycles. The van der Waals surface area contributed by atoms with Crippen molar-refractivity contribution in [1.29, 1.82) is 0 Å². The molecule has 0 aromatic heterocycles. The molecule has 1 aromatic rings. The number of hydrogen-bond donors (Lipinski definition) is 2. The Balaban J connectivity index is 2.15. The molecule has 4 heteroatoms. The summed E-state index contributed by atoms with van der Waals surface area (Å²) < 4.78 is 5.98. The van der Waals surface area contributed by atoms with Crippen molar-refractivity contribution in [2.24, 2.45) is 5.84 Å². The second-order valence-electron chi connectivity index (χ2n) is 5.58. The first-order chi connectivity index (χ1) is 8.51. The maximum absolute atomic E-state index is 5.74. The van der Waals surface area contributed by atoms with Crippen molar-refractivity contribution >= 4 is 11.8 Å². The van der Waals surface area contributed by atoms with E-state index in [4.69, 9.17) is 10.6 Å². The molecule has 100 valence electrons. The molecule has 1 aliphatic heterocycles. The second-order valence-corrected chi connectivity index (χ2v) is 7.42. The average molecular weight is 266 g/mol. The number of hydrogen-bond acceptors (Lipinski definition) is 4. The Kier molecular flexibility index (Phi) is 4.20. The Hall–Kier alpha value is -0.710. The van der Waals surface area contributed by atoms with E-state index in [9.17, 15) is 0 Å². The highest BCUT2D eigenvalue weighted by molar-refractivity contribution is 8.00. The van der Waals surface area contributed by atoms with E-state index in [1.807, 2.05) is 11.8 Å². The van der Waals surface area contributed by atoms with Gasteiger partial charge in [-0.2, -0.15) is 11.8 Å². The van der Waals surface area contributed by atoms with E-state index in [0.717, 1.165) is 24.5 Å². The van der Waals surface area contributed by atoms with Crippen LogP contribution in [0.15, 0.2) is 18.2 Å². The minimum atomic E-state index is 0.141.